The number of benzene rings is 1. The summed E-state index contributed by atoms with van der Waals surface area (Å²) in [6, 6.07) is 14.1. The maximum absolute atomic E-state index is 12.8. The van der Waals surface area contributed by atoms with Gasteiger partial charge in [0.25, 0.3) is 0 Å². The fourth-order valence-electron chi connectivity index (χ4n) is 4.10. The molecule has 0 aliphatic carbocycles. The van der Waals surface area contributed by atoms with E-state index in [1.807, 2.05) is 35.2 Å². The normalized spacial score (nSPS) is 19.1. The zero-order chi connectivity index (χ0) is 20.9. The van der Waals surface area contributed by atoms with E-state index in [-0.39, 0.29) is 5.91 Å². The summed E-state index contributed by atoms with van der Waals surface area (Å²) in [4.78, 5) is 19.0. The summed E-state index contributed by atoms with van der Waals surface area (Å²) >= 11 is 1.47. The van der Waals surface area contributed by atoms with Crippen LogP contribution < -0.4 is 0 Å². The average molecular weight is 422 g/mol. The zero-order valence-electron chi connectivity index (χ0n) is 17.4. The number of amides is 1. The molecule has 1 aromatic carbocycles. The molecule has 2 aromatic heterocycles. The second kappa shape index (κ2) is 9.43. The van der Waals surface area contributed by atoms with Crippen molar-refractivity contribution in [3.63, 3.8) is 0 Å². The van der Waals surface area contributed by atoms with Gasteiger partial charge in [-0.1, -0.05) is 55.9 Å². The number of nitrogens with zero attached hydrogens (tertiary/aromatic N) is 5. The van der Waals surface area contributed by atoms with Crippen LogP contribution in [0.2, 0.25) is 0 Å². The first-order valence-electron chi connectivity index (χ1n) is 10.4. The summed E-state index contributed by atoms with van der Waals surface area (Å²) in [5.74, 6) is 2.46. The Hall–Kier alpha value is -2.67. The SMILES string of the molecule is CC1CC(C)CN(C(=O)CSc2nnc(-c3ccncc3)n2Cc2ccccc2)C1. The lowest BCUT2D eigenvalue weighted by Crippen LogP contribution is -2.43. The van der Waals surface area contributed by atoms with Crippen LogP contribution in [0.3, 0.4) is 0 Å². The van der Waals surface area contributed by atoms with Crippen molar-refractivity contribution < 1.29 is 4.79 Å². The molecule has 0 spiro atoms. The van der Waals surface area contributed by atoms with Gasteiger partial charge in [0.05, 0.1) is 12.3 Å². The molecule has 0 radical (unpaired) electrons. The maximum atomic E-state index is 12.8. The van der Waals surface area contributed by atoms with Crippen LogP contribution in [0.4, 0.5) is 0 Å². The number of rotatable bonds is 6. The summed E-state index contributed by atoms with van der Waals surface area (Å²) in [7, 11) is 0. The Bertz CT molecular complexity index is 966. The average Bonchev–Trinajstić information content (AvgIpc) is 3.15. The smallest absolute Gasteiger partial charge is 0.233 e. The van der Waals surface area contributed by atoms with Crippen molar-refractivity contribution in [2.24, 2.45) is 11.8 Å². The highest BCUT2D eigenvalue weighted by Crippen LogP contribution is 2.26. The number of hydrogen-bond acceptors (Lipinski definition) is 5. The highest BCUT2D eigenvalue weighted by molar-refractivity contribution is 7.99. The van der Waals surface area contributed by atoms with E-state index in [1.54, 1.807) is 12.4 Å². The lowest BCUT2D eigenvalue weighted by Gasteiger charge is -2.35. The fraction of sp³-hybridized carbons (Fsp3) is 0.391. The molecule has 1 saturated heterocycles. The molecule has 0 bridgehead atoms. The highest BCUT2D eigenvalue weighted by atomic mass is 32.2. The first kappa shape index (κ1) is 20.6. The number of piperidine rings is 1. The quantitative estimate of drug-likeness (QED) is 0.563. The van der Waals surface area contributed by atoms with Crippen molar-refractivity contribution in [3.8, 4) is 11.4 Å². The minimum absolute atomic E-state index is 0.179. The monoisotopic (exact) mass is 421 g/mol. The molecule has 1 aliphatic heterocycles. The van der Waals surface area contributed by atoms with Crippen molar-refractivity contribution in [3.05, 3.63) is 60.4 Å². The lowest BCUT2D eigenvalue weighted by molar-refractivity contribution is -0.130. The van der Waals surface area contributed by atoms with Crippen molar-refractivity contribution in [2.75, 3.05) is 18.8 Å². The Morgan fingerprint density at radius 1 is 1.03 bits per heavy atom. The molecule has 156 valence electrons. The van der Waals surface area contributed by atoms with E-state index < -0.39 is 0 Å². The molecule has 0 saturated carbocycles. The van der Waals surface area contributed by atoms with Crippen molar-refractivity contribution in [1.29, 1.82) is 0 Å². The summed E-state index contributed by atoms with van der Waals surface area (Å²) < 4.78 is 2.09. The third-order valence-corrected chi connectivity index (χ3v) is 6.34. The van der Waals surface area contributed by atoms with Gasteiger partial charge in [0.2, 0.25) is 5.91 Å². The number of aromatic nitrogens is 4. The molecule has 1 fully saturated rings. The van der Waals surface area contributed by atoms with Crippen LogP contribution in [-0.4, -0.2) is 49.4 Å². The second-order valence-electron chi connectivity index (χ2n) is 8.15. The zero-order valence-corrected chi connectivity index (χ0v) is 18.3. The van der Waals surface area contributed by atoms with Crippen LogP contribution in [-0.2, 0) is 11.3 Å². The number of hydrogen-bond donors (Lipinski definition) is 0. The third kappa shape index (κ3) is 4.90. The van der Waals surface area contributed by atoms with Gasteiger partial charge in [-0.25, -0.2) is 0 Å². The molecule has 3 aromatic rings. The van der Waals surface area contributed by atoms with Crippen LogP contribution in [0.5, 0.6) is 0 Å². The van der Waals surface area contributed by atoms with Crippen LogP contribution in [0.25, 0.3) is 11.4 Å². The standard InChI is InChI=1S/C23H27N5OS/c1-17-12-18(2)14-27(13-17)21(29)16-30-23-26-25-22(20-8-10-24-11-9-20)28(23)15-19-6-4-3-5-7-19/h3-11,17-18H,12-16H2,1-2H3. The van der Waals surface area contributed by atoms with E-state index in [2.05, 4.69) is 45.7 Å². The summed E-state index contributed by atoms with van der Waals surface area (Å²) in [6.07, 6.45) is 4.70. The molecule has 3 heterocycles. The van der Waals surface area contributed by atoms with E-state index in [4.69, 9.17) is 0 Å². The van der Waals surface area contributed by atoms with E-state index in [1.165, 1.54) is 23.7 Å². The van der Waals surface area contributed by atoms with Gasteiger partial charge < -0.3 is 4.90 Å². The summed E-state index contributed by atoms with van der Waals surface area (Å²) in [6.45, 7) is 6.80. The van der Waals surface area contributed by atoms with Gasteiger partial charge in [0, 0.05) is 31.0 Å². The van der Waals surface area contributed by atoms with Crippen LogP contribution in [0.15, 0.2) is 60.0 Å². The number of carbonyl (C=O) groups is 1. The number of thioether (sulfide) groups is 1. The minimum atomic E-state index is 0.179. The number of likely N-dealkylation sites (tertiary alicyclic amines) is 1. The topological polar surface area (TPSA) is 63.9 Å². The van der Waals surface area contributed by atoms with E-state index >= 15 is 0 Å². The molecule has 7 heteroatoms. The molecule has 2 unspecified atom stereocenters. The van der Waals surface area contributed by atoms with Gasteiger partial charge in [-0.15, -0.1) is 10.2 Å². The van der Waals surface area contributed by atoms with Crippen molar-refractivity contribution in [1.82, 2.24) is 24.6 Å². The molecule has 4 rings (SSSR count). The van der Waals surface area contributed by atoms with Gasteiger partial charge in [-0.05, 0) is 36.0 Å². The van der Waals surface area contributed by atoms with Gasteiger partial charge in [-0.3, -0.25) is 14.3 Å². The predicted octanol–water partition coefficient (Wildman–Crippen LogP) is 3.99. The number of carbonyl (C=O) groups excluding carboxylic acids is 1. The molecule has 6 nitrogen and oxygen atoms in total. The Labute approximate surface area is 181 Å². The van der Waals surface area contributed by atoms with Gasteiger partial charge in [0.1, 0.15) is 0 Å². The summed E-state index contributed by atoms with van der Waals surface area (Å²) in [5, 5.41) is 9.62. The Balaban J connectivity index is 1.54. The molecule has 0 N–H and O–H groups in total. The van der Waals surface area contributed by atoms with E-state index in [9.17, 15) is 4.79 Å². The molecule has 30 heavy (non-hydrogen) atoms. The second-order valence-corrected chi connectivity index (χ2v) is 9.09. The molecular formula is C23H27N5OS. The molecule has 2 atom stereocenters. The minimum Gasteiger partial charge on any atom is -0.341 e. The molecular weight excluding hydrogens is 394 g/mol. The van der Waals surface area contributed by atoms with Gasteiger partial charge in [0.15, 0.2) is 11.0 Å². The van der Waals surface area contributed by atoms with Crippen LogP contribution >= 0.6 is 11.8 Å². The first-order chi connectivity index (χ1) is 14.6. The summed E-state index contributed by atoms with van der Waals surface area (Å²) in [5.41, 5.74) is 2.13. The fourth-order valence-corrected chi connectivity index (χ4v) is 4.94. The Morgan fingerprint density at radius 2 is 1.73 bits per heavy atom. The molecule has 1 amide bonds. The van der Waals surface area contributed by atoms with Gasteiger partial charge >= 0.3 is 0 Å². The lowest BCUT2D eigenvalue weighted by atomic mass is 9.92. The van der Waals surface area contributed by atoms with Crippen molar-refractivity contribution in [2.45, 2.75) is 32.0 Å². The number of pyridine rings is 1. The van der Waals surface area contributed by atoms with E-state index in [0.717, 1.165) is 29.6 Å². The van der Waals surface area contributed by atoms with E-state index in [0.29, 0.717) is 24.1 Å². The van der Waals surface area contributed by atoms with Gasteiger partial charge in [-0.2, -0.15) is 0 Å². The highest BCUT2D eigenvalue weighted by Gasteiger charge is 2.26. The first-order valence-corrected chi connectivity index (χ1v) is 11.4. The largest absolute Gasteiger partial charge is 0.341 e. The Morgan fingerprint density at radius 3 is 2.43 bits per heavy atom. The van der Waals surface area contributed by atoms with Crippen LogP contribution in [0.1, 0.15) is 25.8 Å². The predicted molar refractivity (Wildman–Crippen MR) is 119 cm³/mol. The maximum Gasteiger partial charge on any atom is 0.233 e. The molecule has 1 aliphatic rings. The third-order valence-electron chi connectivity index (χ3n) is 5.39. The van der Waals surface area contributed by atoms with Crippen molar-refractivity contribution >= 4 is 17.7 Å². The Kier molecular flexibility index (Phi) is 6.47. The van der Waals surface area contributed by atoms with Crippen LogP contribution in [0, 0.1) is 11.8 Å².